The molecule has 130 valence electrons. The average Bonchev–Trinajstić information content (AvgIpc) is 2.86. The smallest absolute Gasteiger partial charge is 0.242 e. The van der Waals surface area contributed by atoms with Crippen LogP contribution >= 0.6 is 0 Å². The summed E-state index contributed by atoms with van der Waals surface area (Å²) < 4.78 is 24.2. The Morgan fingerprint density at radius 2 is 2.00 bits per heavy atom. The second-order valence-electron chi connectivity index (χ2n) is 6.75. The highest BCUT2D eigenvalue weighted by atomic mass is 32.2. The van der Waals surface area contributed by atoms with Crippen LogP contribution in [0.25, 0.3) is 11.0 Å². The summed E-state index contributed by atoms with van der Waals surface area (Å²) in [5, 5.41) is 1.03. The van der Waals surface area contributed by atoms with Crippen molar-refractivity contribution in [2.45, 2.75) is 56.5 Å². The number of nitrogens with zero attached hydrogens (tertiary/aromatic N) is 1. The minimum Gasteiger partial charge on any atom is -0.342 e. The molecule has 24 heavy (non-hydrogen) atoms. The molecule has 0 saturated heterocycles. The zero-order chi connectivity index (χ0) is 17.5. The van der Waals surface area contributed by atoms with Gasteiger partial charge in [0.1, 0.15) is 11.1 Å². The zero-order valence-corrected chi connectivity index (χ0v) is 15.0. The van der Waals surface area contributed by atoms with Gasteiger partial charge in [-0.3, -0.25) is 4.79 Å². The monoisotopic (exact) mass is 349 g/mol. The number of fused-ring (bicyclic) bond motifs is 1. The molecule has 6 nitrogen and oxygen atoms in total. The Balaban J connectivity index is 1.78. The third-order valence-electron chi connectivity index (χ3n) is 4.78. The lowest BCUT2D eigenvalue weighted by Gasteiger charge is -2.22. The van der Waals surface area contributed by atoms with E-state index in [9.17, 15) is 13.2 Å². The van der Waals surface area contributed by atoms with E-state index in [1.54, 1.807) is 26.0 Å². The molecule has 1 atom stereocenters. The number of rotatable bonds is 5. The van der Waals surface area contributed by atoms with Gasteiger partial charge in [-0.2, -0.15) is 0 Å². The van der Waals surface area contributed by atoms with Crippen molar-refractivity contribution in [1.82, 2.24) is 9.97 Å². The Hall–Kier alpha value is -1.89. The molecule has 1 aliphatic carbocycles. The third-order valence-corrected chi connectivity index (χ3v) is 7.29. The maximum Gasteiger partial charge on any atom is 0.242 e. The number of aromatic amines is 1. The minimum atomic E-state index is -3.47. The summed E-state index contributed by atoms with van der Waals surface area (Å²) in [6.45, 7) is 4.59. The first-order valence-electron chi connectivity index (χ1n) is 8.32. The van der Waals surface area contributed by atoms with Crippen LogP contribution in [-0.4, -0.2) is 34.8 Å². The molecule has 0 spiro atoms. The first-order valence-corrected chi connectivity index (χ1v) is 9.93. The van der Waals surface area contributed by atoms with E-state index >= 15 is 0 Å². The highest BCUT2D eigenvalue weighted by Crippen LogP contribution is 2.35. The van der Waals surface area contributed by atoms with Crippen molar-refractivity contribution in [3.63, 3.8) is 0 Å². The first-order chi connectivity index (χ1) is 11.3. The second-order valence-corrected chi connectivity index (χ2v) is 9.58. The van der Waals surface area contributed by atoms with Crippen LogP contribution in [0.5, 0.6) is 0 Å². The van der Waals surface area contributed by atoms with Gasteiger partial charge in [-0.05, 0) is 51.8 Å². The van der Waals surface area contributed by atoms with E-state index < -0.39 is 26.2 Å². The SMILES string of the molecule is CC(C)S(=O)(=O)[C@H](C)C(=O)Nc1ccc2nc(C3CCC3)[nH]c2c1. The average molecular weight is 349 g/mol. The number of anilines is 1. The molecule has 0 bridgehead atoms. The van der Waals surface area contributed by atoms with Crippen LogP contribution in [0.3, 0.4) is 0 Å². The number of sulfone groups is 1. The first kappa shape index (κ1) is 17.0. The molecule has 0 unspecified atom stereocenters. The number of amides is 1. The molecule has 1 fully saturated rings. The molecule has 1 heterocycles. The van der Waals surface area contributed by atoms with E-state index in [-0.39, 0.29) is 0 Å². The maximum atomic E-state index is 12.3. The second kappa shape index (κ2) is 6.20. The zero-order valence-electron chi connectivity index (χ0n) is 14.2. The lowest BCUT2D eigenvalue weighted by Crippen LogP contribution is -2.36. The highest BCUT2D eigenvalue weighted by Gasteiger charge is 2.30. The van der Waals surface area contributed by atoms with Crippen LogP contribution in [0, 0.1) is 0 Å². The quantitative estimate of drug-likeness (QED) is 0.868. The third kappa shape index (κ3) is 3.05. The van der Waals surface area contributed by atoms with Gasteiger partial charge in [-0.25, -0.2) is 13.4 Å². The van der Waals surface area contributed by atoms with Gasteiger partial charge >= 0.3 is 0 Å². The summed E-state index contributed by atoms with van der Waals surface area (Å²) in [7, 11) is -3.47. The van der Waals surface area contributed by atoms with Crippen LogP contribution in [0.2, 0.25) is 0 Å². The van der Waals surface area contributed by atoms with Crippen molar-refractivity contribution in [1.29, 1.82) is 0 Å². The van der Waals surface area contributed by atoms with Gasteiger partial charge in [0.05, 0.1) is 16.3 Å². The molecule has 1 amide bonds. The number of carbonyl (C=O) groups excluding carboxylic acids is 1. The number of H-pyrrole nitrogens is 1. The van der Waals surface area contributed by atoms with E-state index in [1.165, 1.54) is 13.3 Å². The van der Waals surface area contributed by atoms with Crippen molar-refractivity contribution in [3.05, 3.63) is 24.0 Å². The van der Waals surface area contributed by atoms with Gasteiger partial charge in [-0.15, -0.1) is 0 Å². The van der Waals surface area contributed by atoms with E-state index in [1.807, 2.05) is 6.07 Å². The lowest BCUT2D eigenvalue weighted by molar-refractivity contribution is -0.115. The van der Waals surface area contributed by atoms with Crippen molar-refractivity contribution in [2.75, 3.05) is 5.32 Å². The summed E-state index contributed by atoms with van der Waals surface area (Å²) >= 11 is 0. The van der Waals surface area contributed by atoms with Crippen molar-refractivity contribution >= 4 is 32.5 Å². The van der Waals surface area contributed by atoms with Crippen molar-refractivity contribution in [2.24, 2.45) is 0 Å². The normalized spacial score (nSPS) is 17.0. The standard InChI is InChI=1S/C17H23N3O3S/c1-10(2)24(22,23)11(3)17(21)18-13-7-8-14-15(9-13)20-16(19-14)12-5-4-6-12/h7-12H,4-6H2,1-3H3,(H,18,21)(H,19,20)/t11-/m1/s1. The van der Waals surface area contributed by atoms with Gasteiger partial charge in [0.15, 0.2) is 9.84 Å². The van der Waals surface area contributed by atoms with E-state index in [2.05, 4.69) is 15.3 Å². The number of benzene rings is 1. The van der Waals surface area contributed by atoms with Gasteiger partial charge < -0.3 is 10.3 Å². The molecule has 1 aromatic carbocycles. The predicted octanol–water partition coefficient (Wildman–Crippen LogP) is 2.98. The summed E-state index contributed by atoms with van der Waals surface area (Å²) in [6, 6.07) is 5.39. The Bertz CT molecular complexity index is 866. The molecular weight excluding hydrogens is 326 g/mol. The molecule has 3 rings (SSSR count). The predicted molar refractivity (Wildman–Crippen MR) is 94.8 cm³/mol. The summed E-state index contributed by atoms with van der Waals surface area (Å²) in [5.41, 5.74) is 2.29. The van der Waals surface area contributed by atoms with Gasteiger partial charge in [0.2, 0.25) is 5.91 Å². The van der Waals surface area contributed by atoms with Gasteiger partial charge in [-0.1, -0.05) is 6.42 Å². The number of aromatic nitrogens is 2. The van der Waals surface area contributed by atoms with Crippen LogP contribution in [0.1, 0.15) is 51.8 Å². The summed E-state index contributed by atoms with van der Waals surface area (Å²) in [4.78, 5) is 20.1. The van der Waals surface area contributed by atoms with Gasteiger partial charge in [0, 0.05) is 11.6 Å². The Morgan fingerprint density at radius 1 is 1.29 bits per heavy atom. The van der Waals surface area contributed by atoms with E-state index in [0.717, 1.165) is 29.7 Å². The Morgan fingerprint density at radius 3 is 2.58 bits per heavy atom. The van der Waals surface area contributed by atoms with Crippen LogP contribution in [-0.2, 0) is 14.6 Å². The fraction of sp³-hybridized carbons (Fsp3) is 0.529. The molecule has 2 N–H and O–H groups in total. The van der Waals surface area contributed by atoms with Crippen molar-refractivity contribution in [3.8, 4) is 0 Å². The minimum absolute atomic E-state index is 0.506. The number of imidazole rings is 1. The van der Waals surface area contributed by atoms with Gasteiger partial charge in [0.25, 0.3) is 0 Å². The van der Waals surface area contributed by atoms with Crippen LogP contribution in [0.4, 0.5) is 5.69 Å². The summed E-state index contributed by atoms with van der Waals surface area (Å²) in [6.07, 6.45) is 3.56. The molecule has 1 saturated carbocycles. The molecule has 1 aromatic heterocycles. The molecule has 0 radical (unpaired) electrons. The summed E-state index contributed by atoms with van der Waals surface area (Å²) in [5.74, 6) is 0.990. The molecule has 2 aromatic rings. The highest BCUT2D eigenvalue weighted by molar-refractivity contribution is 7.93. The van der Waals surface area contributed by atoms with E-state index in [4.69, 9.17) is 0 Å². The van der Waals surface area contributed by atoms with Crippen LogP contribution in [0.15, 0.2) is 18.2 Å². The number of hydrogen-bond donors (Lipinski definition) is 2. The largest absolute Gasteiger partial charge is 0.342 e. The Labute approximate surface area is 142 Å². The fourth-order valence-electron chi connectivity index (χ4n) is 2.78. The lowest BCUT2D eigenvalue weighted by atomic mass is 9.85. The fourth-order valence-corrected chi connectivity index (χ4v) is 3.96. The molecule has 7 heteroatoms. The molecular formula is C17H23N3O3S. The Kier molecular flexibility index (Phi) is 4.38. The molecule has 0 aliphatic heterocycles. The molecule has 1 aliphatic rings. The van der Waals surface area contributed by atoms with Crippen molar-refractivity contribution < 1.29 is 13.2 Å². The number of nitrogens with one attached hydrogen (secondary N) is 2. The van der Waals surface area contributed by atoms with E-state index in [0.29, 0.717) is 11.6 Å². The van der Waals surface area contributed by atoms with Crippen LogP contribution < -0.4 is 5.32 Å². The number of hydrogen-bond acceptors (Lipinski definition) is 4. The topological polar surface area (TPSA) is 91.9 Å². The maximum absolute atomic E-state index is 12.3. The number of carbonyl (C=O) groups is 1.